The van der Waals surface area contributed by atoms with Crippen LogP contribution in [0.2, 0.25) is 0 Å². The van der Waals surface area contributed by atoms with Crippen molar-refractivity contribution in [3.05, 3.63) is 166 Å². The molecule has 2 nitrogen and oxygen atoms in total. The average molecular weight is 791 g/mol. The summed E-state index contributed by atoms with van der Waals surface area (Å²) >= 11 is 0. The molecule has 61 heavy (non-hydrogen) atoms. The normalized spacial score (nSPS) is 17.5. The van der Waals surface area contributed by atoms with Crippen LogP contribution < -0.4 is 10.4 Å². The van der Waals surface area contributed by atoms with E-state index < -0.39 is 0 Å². The van der Waals surface area contributed by atoms with Gasteiger partial charge in [0.1, 0.15) is 0 Å². The van der Waals surface area contributed by atoms with Gasteiger partial charge in [0.25, 0.3) is 0 Å². The third kappa shape index (κ3) is 4.98. The molecule has 300 valence electrons. The predicted octanol–water partition coefficient (Wildman–Crippen LogP) is 14.7. The number of hydrogen-bond donors (Lipinski definition) is 0. The number of benzene rings is 7. The van der Waals surface area contributed by atoms with Crippen molar-refractivity contribution in [2.24, 2.45) is 0 Å². The second kappa shape index (κ2) is 12.6. The molecule has 2 aliphatic heterocycles. The Kier molecular flexibility index (Phi) is 7.66. The minimum absolute atomic E-state index is 0.00186. The summed E-state index contributed by atoms with van der Waals surface area (Å²) < 4.78 is 2.81. The van der Waals surface area contributed by atoms with Gasteiger partial charge in [-0.15, -0.1) is 0 Å². The molecule has 0 bridgehead atoms. The number of para-hydroxylation sites is 1. The minimum atomic E-state index is -0.270. The maximum absolute atomic E-state index is 2.81. The number of nitrogens with zero attached hydrogens (tertiary/aromatic N) is 2. The van der Waals surface area contributed by atoms with E-state index in [1.165, 1.54) is 142 Å². The largest absolute Gasteiger partial charge is 0.375 e. The van der Waals surface area contributed by atoms with E-state index in [9.17, 15) is 0 Å². The summed E-state index contributed by atoms with van der Waals surface area (Å²) in [6, 6.07) is 49.8. The van der Waals surface area contributed by atoms with Gasteiger partial charge in [-0.25, -0.2) is 0 Å². The van der Waals surface area contributed by atoms with Gasteiger partial charge >= 0.3 is 6.85 Å². The first-order valence-corrected chi connectivity index (χ1v) is 22.9. The van der Waals surface area contributed by atoms with Crippen LogP contribution in [0.4, 0.5) is 11.4 Å². The lowest BCUT2D eigenvalue weighted by Gasteiger charge is -2.43. The van der Waals surface area contributed by atoms with Gasteiger partial charge in [-0.05, 0) is 123 Å². The summed E-state index contributed by atoms with van der Waals surface area (Å²) in [4.78, 5) is 2.75. The number of anilines is 2. The second-order valence-corrected chi connectivity index (χ2v) is 20.7. The molecule has 0 saturated heterocycles. The van der Waals surface area contributed by atoms with E-state index in [2.05, 4.69) is 192 Å². The molecule has 0 radical (unpaired) electrons. The fraction of sp³-hybridized carbons (Fsp3) is 0.276. The number of aromatic nitrogens is 1. The van der Waals surface area contributed by atoms with E-state index in [4.69, 9.17) is 0 Å². The first-order chi connectivity index (χ1) is 29.4. The van der Waals surface area contributed by atoms with Crippen LogP contribution >= 0.6 is 0 Å². The van der Waals surface area contributed by atoms with Crippen molar-refractivity contribution in [1.29, 1.82) is 0 Å². The second-order valence-electron chi connectivity index (χ2n) is 20.7. The Morgan fingerprint density at radius 3 is 2.08 bits per heavy atom. The molecule has 0 unspecified atom stereocenters. The molecular weight excluding hydrogens is 735 g/mol. The zero-order valence-corrected chi connectivity index (χ0v) is 37.1. The number of unbranched alkanes of at least 4 members (excludes halogenated alkanes) is 1. The zero-order chi connectivity index (χ0) is 41.7. The van der Waals surface area contributed by atoms with Gasteiger partial charge in [-0.3, -0.25) is 0 Å². The highest BCUT2D eigenvalue weighted by atomic mass is 15.2. The molecule has 2 aliphatic carbocycles. The Balaban J connectivity index is 1.27. The van der Waals surface area contributed by atoms with Crippen molar-refractivity contribution in [3.63, 3.8) is 0 Å². The van der Waals surface area contributed by atoms with Crippen molar-refractivity contribution in [3.8, 4) is 22.3 Å². The highest BCUT2D eigenvalue weighted by Gasteiger charge is 2.54. The third-order valence-corrected chi connectivity index (χ3v) is 15.6. The lowest BCUT2D eigenvalue weighted by Crippen LogP contribution is -2.52. The third-order valence-electron chi connectivity index (χ3n) is 15.6. The predicted molar refractivity (Wildman–Crippen MR) is 262 cm³/mol. The summed E-state index contributed by atoms with van der Waals surface area (Å²) in [5.41, 5.74) is 23.4. The summed E-state index contributed by atoms with van der Waals surface area (Å²) in [6.07, 6.45) is 5.84. The maximum atomic E-state index is 2.81. The standard InChI is InChI=1S/C58H55BN2/c1-9-10-17-36-24-27-49(43(32-36)37-18-12-11-13-19-37)60-50-31-35(2)30-44-41-23-16-22-40-42-26-25-38-20-14-15-21-39(38)52(42)61(53(40)41)59(51(44)50)55-54(60)45-33-47-48(34-46(45)58(55,7)8)57(5,6)29-28-56(47,3)4/h11-16,18-27,30-34H,9-10,17,28-29H2,1-8H3. The molecule has 0 fully saturated rings. The van der Waals surface area contributed by atoms with Crippen molar-refractivity contribution >= 4 is 62.0 Å². The Hall–Kier alpha value is -5.80. The van der Waals surface area contributed by atoms with Gasteiger partial charge in [0, 0.05) is 60.7 Å². The molecule has 0 amide bonds. The number of hydrogen-bond acceptors (Lipinski definition) is 1. The number of rotatable bonds is 5. The van der Waals surface area contributed by atoms with E-state index in [1.54, 1.807) is 0 Å². The highest BCUT2D eigenvalue weighted by molar-refractivity contribution is 6.86. The topological polar surface area (TPSA) is 8.17 Å². The Morgan fingerprint density at radius 1 is 0.574 bits per heavy atom. The molecule has 3 heteroatoms. The maximum Gasteiger partial charge on any atom is 0.329 e. The zero-order valence-electron chi connectivity index (χ0n) is 37.1. The van der Waals surface area contributed by atoms with Gasteiger partial charge in [0.05, 0.1) is 5.69 Å². The van der Waals surface area contributed by atoms with E-state index in [0.717, 1.165) is 6.42 Å². The SMILES string of the molecule is CCCCc1ccc(N2C3=C(B4c5c(cc(C)cc52)-c2cccc5c6ccc7ccccc7c6n4c25)C(C)(C)c2cc4c(cc23)C(C)(C)CCC4(C)C)c(-c2ccccc2)c1. The molecule has 0 spiro atoms. The lowest BCUT2D eigenvalue weighted by molar-refractivity contribution is 0.331. The Bertz CT molecular complexity index is 3230. The molecule has 8 aromatic rings. The lowest BCUT2D eigenvalue weighted by atomic mass is 9.40. The van der Waals surface area contributed by atoms with Gasteiger partial charge in [0.2, 0.25) is 0 Å². The van der Waals surface area contributed by atoms with Crippen molar-refractivity contribution in [2.45, 2.75) is 104 Å². The van der Waals surface area contributed by atoms with Crippen molar-refractivity contribution in [1.82, 2.24) is 4.48 Å². The van der Waals surface area contributed by atoms with E-state index in [-0.39, 0.29) is 23.1 Å². The van der Waals surface area contributed by atoms with E-state index in [0.29, 0.717) is 0 Å². The van der Waals surface area contributed by atoms with Crippen LogP contribution in [-0.2, 0) is 22.7 Å². The summed E-state index contributed by atoms with van der Waals surface area (Å²) in [5.74, 6) is 0. The van der Waals surface area contributed by atoms with Crippen molar-refractivity contribution in [2.75, 3.05) is 4.90 Å². The van der Waals surface area contributed by atoms with Gasteiger partial charge in [-0.1, -0.05) is 158 Å². The molecule has 4 aliphatic rings. The molecule has 1 aromatic heterocycles. The number of fused-ring (bicyclic) bond motifs is 11. The van der Waals surface area contributed by atoms with Crippen LogP contribution in [-0.4, -0.2) is 11.3 Å². The summed E-state index contributed by atoms with van der Waals surface area (Å²) in [6.45, 7) is 19.7. The summed E-state index contributed by atoms with van der Waals surface area (Å²) in [7, 11) is 0. The van der Waals surface area contributed by atoms with Gasteiger partial charge in [0.15, 0.2) is 0 Å². The Morgan fingerprint density at radius 2 is 1.30 bits per heavy atom. The summed E-state index contributed by atoms with van der Waals surface area (Å²) in [5, 5.41) is 5.30. The van der Waals surface area contributed by atoms with Crippen LogP contribution in [0.25, 0.3) is 60.5 Å². The van der Waals surface area contributed by atoms with Crippen LogP contribution in [0, 0.1) is 6.92 Å². The smallest absolute Gasteiger partial charge is 0.329 e. The molecular formula is C58H55BN2. The van der Waals surface area contributed by atoms with E-state index in [1.807, 2.05) is 0 Å². The van der Waals surface area contributed by atoms with Crippen LogP contribution in [0.1, 0.15) is 108 Å². The molecule has 0 atom stereocenters. The van der Waals surface area contributed by atoms with Crippen LogP contribution in [0.5, 0.6) is 0 Å². The van der Waals surface area contributed by atoms with Crippen LogP contribution in [0.3, 0.4) is 0 Å². The van der Waals surface area contributed by atoms with Gasteiger partial charge < -0.3 is 9.38 Å². The van der Waals surface area contributed by atoms with Crippen molar-refractivity contribution < 1.29 is 0 Å². The first kappa shape index (κ1) is 37.0. The fourth-order valence-corrected chi connectivity index (χ4v) is 12.4. The first-order valence-electron chi connectivity index (χ1n) is 22.9. The Labute approximate surface area is 362 Å². The monoisotopic (exact) mass is 790 g/mol. The quantitative estimate of drug-likeness (QED) is 0.158. The highest BCUT2D eigenvalue weighted by Crippen LogP contribution is 2.60. The number of allylic oxidation sites excluding steroid dienone is 1. The van der Waals surface area contributed by atoms with Crippen LogP contribution in [0.15, 0.2) is 133 Å². The van der Waals surface area contributed by atoms with E-state index >= 15 is 0 Å². The molecule has 3 heterocycles. The average Bonchev–Trinajstić information content (AvgIpc) is 3.72. The molecule has 0 N–H and O–H groups in total. The number of aryl methyl sites for hydroxylation is 2. The fourth-order valence-electron chi connectivity index (χ4n) is 12.4. The minimum Gasteiger partial charge on any atom is -0.375 e. The van der Waals surface area contributed by atoms with Gasteiger partial charge in [-0.2, -0.15) is 0 Å². The molecule has 12 rings (SSSR count). The molecule has 7 aromatic carbocycles. The molecule has 0 saturated carbocycles.